The van der Waals surface area contributed by atoms with E-state index in [2.05, 4.69) is 11.9 Å². The van der Waals surface area contributed by atoms with Crippen LogP contribution in [0.25, 0.3) is 0 Å². The highest BCUT2D eigenvalue weighted by Gasteiger charge is 2.06. The summed E-state index contributed by atoms with van der Waals surface area (Å²) in [4.78, 5) is 10.8. The molecule has 0 heterocycles. The van der Waals surface area contributed by atoms with Gasteiger partial charge in [0.2, 0.25) is 5.91 Å². The minimum absolute atomic E-state index is 0.203. The van der Waals surface area contributed by atoms with E-state index in [1.165, 1.54) is 6.08 Å². The Morgan fingerprint density at radius 3 is 2.71 bits per heavy atom. The highest BCUT2D eigenvalue weighted by atomic mass is 16.3. The standard InChI is InChI=1S/C11H13NO2/c1-2-11(14)12-8-10(13)9-6-4-3-5-7-9/h2-7,10,13H,1,8H2,(H,12,14)/t10-/m1/s1. The van der Waals surface area contributed by atoms with Gasteiger partial charge >= 0.3 is 0 Å². The van der Waals surface area contributed by atoms with Gasteiger partial charge in [-0.25, -0.2) is 0 Å². The topological polar surface area (TPSA) is 49.3 Å². The third kappa shape index (κ3) is 3.03. The second-order valence-corrected chi connectivity index (χ2v) is 2.88. The molecule has 14 heavy (non-hydrogen) atoms. The van der Waals surface area contributed by atoms with Gasteiger partial charge in [0.15, 0.2) is 0 Å². The average molecular weight is 191 g/mol. The number of benzene rings is 1. The zero-order valence-electron chi connectivity index (χ0n) is 7.81. The number of carbonyl (C=O) groups is 1. The van der Waals surface area contributed by atoms with Crippen LogP contribution in [0.15, 0.2) is 43.0 Å². The van der Waals surface area contributed by atoms with E-state index >= 15 is 0 Å². The summed E-state index contributed by atoms with van der Waals surface area (Å²) in [5, 5.41) is 12.1. The maximum absolute atomic E-state index is 10.8. The van der Waals surface area contributed by atoms with Gasteiger partial charge in [0, 0.05) is 6.54 Å². The molecule has 0 spiro atoms. The molecule has 3 heteroatoms. The molecule has 74 valence electrons. The summed E-state index contributed by atoms with van der Waals surface area (Å²) in [5.41, 5.74) is 0.789. The SMILES string of the molecule is C=CC(=O)NC[C@@H](O)c1ccccc1. The van der Waals surface area contributed by atoms with E-state index in [9.17, 15) is 9.90 Å². The van der Waals surface area contributed by atoms with Gasteiger partial charge in [-0.1, -0.05) is 36.9 Å². The summed E-state index contributed by atoms with van der Waals surface area (Å²) in [5.74, 6) is -0.278. The fraction of sp³-hybridized carbons (Fsp3) is 0.182. The van der Waals surface area contributed by atoms with E-state index in [0.717, 1.165) is 5.56 Å². The Bertz CT molecular complexity index is 308. The van der Waals surface area contributed by atoms with Gasteiger partial charge in [0.25, 0.3) is 0 Å². The number of amides is 1. The highest BCUT2D eigenvalue weighted by molar-refractivity contribution is 5.86. The van der Waals surface area contributed by atoms with E-state index < -0.39 is 6.10 Å². The van der Waals surface area contributed by atoms with Crippen molar-refractivity contribution in [2.45, 2.75) is 6.10 Å². The number of aliphatic hydroxyl groups is 1. The van der Waals surface area contributed by atoms with Crippen LogP contribution < -0.4 is 5.32 Å². The van der Waals surface area contributed by atoms with Gasteiger partial charge in [-0.15, -0.1) is 0 Å². The highest BCUT2D eigenvalue weighted by Crippen LogP contribution is 2.10. The Hall–Kier alpha value is -1.61. The van der Waals surface area contributed by atoms with Crippen LogP contribution in [0.2, 0.25) is 0 Å². The molecule has 0 aliphatic carbocycles. The van der Waals surface area contributed by atoms with Crippen molar-refractivity contribution in [2.24, 2.45) is 0 Å². The Morgan fingerprint density at radius 2 is 2.14 bits per heavy atom. The molecule has 1 aromatic rings. The quantitative estimate of drug-likeness (QED) is 0.698. The van der Waals surface area contributed by atoms with Gasteiger partial charge in [-0.05, 0) is 11.6 Å². The molecule has 0 bridgehead atoms. The fourth-order valence-corrected chi connectivity index (χ4v) is 1.06. The molecule has 1 aromatic carbocycles. The predicted octanol–water partition coefficient (Wildman–Crippen LogP) is 1.02. The zero-order chi connectivity index (χ0) is 10.4. The van der Waals surface area contributed by atoms with Crippen LogP contribution in [0.3, 0.4) is 0 Å². The van der Waals surface area contributed by atoms with Crippen LogP contribution in [0.5, 0.6) is 0 Å². The molecule has 2 N–H and O–H groups in total. The monoisotopic (exact) mass is 191 g/mol. The molecule has 0 radical (unpaired) electrons. The lowest BCUT2D eigenvalue weighted by Gasteiger charge is -2.10. The summed E-state index contributed by atoms with van der Waals surface area (Å²) in [6, 6.07) is 9.18. The summed E-state index contributed by atoms with van der Waals surface area (Å²) < 4.78 is 0. The molecular formula is C11H13NO2. The molecule has 0 aromatic heterocycles. The molecule has 0 fully saturated rings. The maximum Gasteiger partial charge on any atom is 0.243 e. The first-order valence-corrected chi connectivity index (χ1v) is 4.37. The van der Waals surface area contributed by atoms with E-state index in [-0.39, 0.29) is 12.5 Å². The lowest BCUT2D eigenvalue weighted by atomic mass is 10.1. The van der Waals surface area contributed by atoms with Crippen molar-refractivity contribution in [2.75, 3.05) is 6.54 Å². The third-order valence-electron chi connectivity index (χ3n) is 1.84. The van der Waals surface area contributed by atoms with Crippen molar-refractivity contribution < 1.29 is 9.90 Å². The minimum Gasteiger partial charge on any atom is -0.387 e. The Balaban J connectivity index is 2.47. The van der Waals surface area contributed by atoms with Crippen molar-refractivity contribution in [1.29, 1.82) is 0 Å². The summed E-state index contributed by atoms with van der Waals surface area (Å²) in [6.07, 6.45) is 0.512. The number of hydrogen-bond donors (Lipinski definition) is 2. The number of hydrogen-bond acceptors (Lipinski definition) is 2. The van der Waals surface area contributed by atoms with Gasteiger partial charge in [0.05, 0.1) is 6.10 Å². The number of rotatable bonds is 4. The number of nitrogens with one attached hydrogen (secondary N) is 1. The molecule has 0 saturated carbocycles. The Kier molecular flexibility index (Phi) is 3.88. The molecule has 0 unspecified atom stereocenters. The van der Waals surface area contributed by atoms with Crippen LogP contribution in [0, 0.1) is 0 Å². The summed E-state index contributed by atoms with van der Waals surface area (Å²) in [7, 11) is 0. The Labute approximate surface area is 83.1 Å². The number of carbonyl (C=O) groups excluding carboxylic acids is 1. The molecule has 0 saturated heterocycles. The van der Waals surface area contributed by atoms with Crippen molar-refractivity contribution in [3.63, 3.8) is 0 Å². The molecule has 0 aliphatic rings. The molecule has 0 aliphatic heterocycles. The zero-order valence-corrected chi connectivity index (χ0v) is 7.81. The number of aliphatic hydroxyl groups excluding tert-OH is 1. The molecule has 1 amide bonds. The largest absolute Gasteiger partial charge is 0.387 e. The lowest BCUT2D eigenvalue weighted by molar-refractivity contribution is -0.116. The fourth-order valence-electron chi connectivity index (χ4n) is 1.06. The van der Waals surface area contributed by atoms with Gasteiger partial charge in [-0.3, -0.25) is 4.79 Å². The second kappa shape index (κ2) is 5.19. The van der Waals surface area contributed by atoms with Crippen molar-refractivity contribution in [1.82, 2.24) is 5.32 Å². The van der Waals surface area contributed by atoms with Crippen molar-refractivity contribution in [3.05, 3.63) is 48.6 Å². The first-order chi connectivity index (χ1) is 6.74. The Morgan fingerprint density at radius 1 is 1.50 bits per heavy atom. The van der Waals surface area contributed by atoms with Crippen molar-refractivity contribution >= 4 is 5.91 Å². The molecular weight excluding hydrogens is 178 g/mol. The normalized spacial score (nSPS) is 11.8. The van der Waals surface area contributed by atoms with E-state index in [1.54, 1.807) is 0 Å². The predicted molar refractivity (Wildman–Crippen MR) is 54.6 cm³/mol. The summed E-state index contributed by atoms with van der Waals surface area (Å²) >= 11 is 0. The van der Waals surface area contributed by atoms with Crippen LogP contribution >= 0.6 is 0 Å². The van der Waals surface area contributed by atoms with E-state index in [1.807, 2.05) is 30.3 Å². The minimum atomic E-state index is -0.667. The first-order valence-electron chi connectivity index (χ1n) is 4.37. The first kappa shape index (κ1) is 10.5. The molecule has 1 rings (SSSR count). The van der Waals surface area contributed by atoms with Gasteiger partial charge in [-0.2, -0.15) is 0 Å². The second-order valence-electron chi connectivity index (χ2n) is 2.88. The molecule has 1 atom stereocenters. The van der Waals surface area contributed by atoms with Crippen LogP contribution in [-0.4, -0.2) is 17.6 Å². The third-order valence-corrected chi connectivity index (χ3v) is 1.84. The lowest BCUT2D eigenvalue weighted by Crippen LogP contribution is -2.26. The maximum atomic E-state index is 10.8. The van der Waals surface area contributed by atoms with Gasteiger partial charge < -0.3 is 10.4 Å². The van der Waals surface area contributed by atoms with Gasteiger partial charge in [0.1, 0.15) is 0 Å². The van der Waals surface area contributed by atoms with Crippen LogP contribution in [0.4, 0.5) is 0 Å². The van der Waals surface area contributed by atoms with Crippen LogP contribution in [0.1, 0.15) is 11.7 Å². The van der Waals surface area contributed by atoms with E-state index in [4.69, 9.17) is 0 Å². The van der Waals surface area contributed by atoms with E-state index in [0.29, 0.717) is 0 Å². The average Bonchev–Trinajstić information content (AvgIpc) is 2.26. The summed E-state index contributed by atoms with van der Waals surface area (Å²) in [6.45, 7) is 3.52. The smallest absolute Gasteiger partial charge is 0.243 e. The van der Waals surface area contributed by atoms with Crippen molar-refractivity contribution in [3.8, 4) is 0 Å². The molecule has 3 nitrogen and oxygen atoms in total. The van der Waals surface area contributed by atoms with Crippen LogP contribution in [-0.2, 0) is 4.79 Å².